The number of aromatic nitrogens is 3. The molecule has 0 fully saturated rings. The van der Waals surface area contributed by atoms with Crippen LogP contribution in [0, 0.1) is 6.92 Å². The van der Waals surface area contributed by atoms with Crippen LogP contribution >= 0.6 is 0 Å². The van der Waals surface area contributed by atoms with Crippen LogP contribution in [0.1, 0.15) is 17.0 Å². The van der Waals surface area contributed by atoms with Gasteiger partial charge in [0, 0.05) is 13.1 Å². The standard InChI is InChI=1S/C17H21N5/c1-12-16(22(2)21-20-12)14-8-9-15(18)17(19,11-14)10-13-6-4-3-5-7-13/h3-9,11,15H,10,18-19H2,1-2H3. The molecule has 0 bridgehead atoms. The lowest BCUT2D eigenvalue weighted by Gasteiger charge is -2.34. The molecule has 2 aromatic rings. The van der Waals surface area contributed by atoms with Gasteiger partial charge in [-0.1, -0.05) is 53.8 Å². The first-order valence-corrected chi connectivity index (χ1v) is 7.36. The van der Waals surface area contributed by atoms with Gasteiger partial charge < -0.3 is 11.5 Å². The van der Waals surface area contributed by atoms with Crippen molar-refractivity contribution in [1.29, 1.82) is 0 Å². The van der Waals surface area contributed by atoms with E-state index in [1.54, 1.807) is 4.68 Å². The van der Waals surface area contributed by atoms with Gasteiger partial charge in [-0.25, -0.2) is 4.68 Å². The normalized spacial score (nSPS) is 24.4. The molecule has 0 saturated heterocycles. The third kappa shape index (κ3) is 2.61. The molecule has 2 atom stereocenters. The molecule has 0 aliphatic heterocycles. The fourth-order valence-corrected chi connectivity index (χ4v) is 2.94. The van der Waals surface area contributed by atoms with Crippen LogP contribution in [0.2, 0.25) is 0 Å². The fourth-order valence-electron chi connectivity index (χ4n) is 2.94. The summed E-state index contributed by atoms with van der Waals surface area (Å²) in [4.78, 5) is 0. The minimum absolute atomic E-state index is 0.224. The van der Waals surface area contributed by atoms with Crippen molar-refractivity contribution in [1.82, 2.24) is 15.0 Å². The van der Waals surface area contributed by atoms with Gasteiger partial charge in [0.05, 0.1) is 16.9 Å². The maximum atomic E-state index is 6.63. The Morgan fingerprint density at radius 3 is 2.64 bits per heavy atom. The summed E-state index contributed by atoms with van der Waals surface area (Å²) >= 11 is 0. The smallest absolute Gasteiger partial charge is 0.0908 e. The lowest BCUT2D eigenvalue weighted by molar-refractivity contribution is 0.468. The van der Waals surface area contributed by atoms with Crippen molar-refractivity contribution in [3.63, 3.8) is 0 Å². The van der Waals surface area contributed by atoms with E-state index in [2.05, 4.69) is 28.5 Å². The third-order valence-electron chi connectivity index (χ3n) is 4.15. The molecular weight excluding hydrogens is 274 g/mol. The predicted molar refractivity (Wildman–Crippen MR) is 87.9 cm³/mol. The number of benzene rings is 1. The monoisotopic (exact) mass is 295 g/mol. The largest absolute Gasteiger partial charge is 0.323 e. The summed E-state index contributed by atoms with van der Waals surface area (Å²) in [5, 5.41) is 8.17. The molecular formula is C17H21N5. The lowest BCUT2D eigenvalue weighted by atomic mass is 9.79. The van der Waals surface area contributed by atoms with Crippen molar-refractivity contribution in [2.75, 3.05) is 0 Å². The Morgan fingerprint density at radius 2 is 2.00 bits per heavy atom. The zero-order chi connectivity index (χ0) is 15.7. The summed E-state index contributed by atoms with van der Waals surface area (Å²) in [5.41, 5.74) is 16.3. The highest BCUT2D eigenvalue weighted by molar-refractivity contribution is 5.76. The molecule has 1 aromatic heterocycles. The average Bonchev–Trinajstić information content (AvgIpc) is 2.82. The van der Waals surface area contributed by atoms with Crippen LogP contribution in [0.3, 0.4) is 0 Å². The maximum Gasteiger partial charge on any atom is 0.0908 e. The summed E-state index contributed by atoms with van der Waals surface area (Å²) in [6.07, 6.45) is 6.71. The van der Waals surface area contributed by atoms with Crippen molar-refractivity contribution >= 4 is 5.57 Å². The Labute approximate surface area is 130 Å². The number of rotatable bonds is 3. The fraction of sp³-hybridized carbons (Fsp3) is 0.294. The van der Waals surface area contributed by atoms with Gasteiger partial charge >= 0.3 is 0 Å². The van der Waals surface area contributed by atoms with E-state index in [1.165, 1.54) is 5.56 Å². The molecule has 0 saturated carbocycles. The number of hydrogen-bond donors (Lipinski definition) is 2. The Kier molecular flexibility index (Phi) is 3.68. The molecule has 1 aromatic carbocycles. The van der Waals surface area contributed by atoms with E-state index in [9.17, 15) is 0 Å². The highest BCUT2D eigenvalue weighted by atomic mass is 15.4. The van der Waals surface area contributed by atoms with Gasteiger partial charge in [-0.15, -0.1) is 5.10 Å². The third-order valence-corrected chi connectivity index (χ3v) is 4.15. The minimum Gasteiger partial charge on any atom is -0.323 e. The number of allylic oxidation sites excluding steroid dienone is 2. The molecule has 4 N–H and O–H groups in total. The first kappa shape index (κ1) is 14.7. The van der Waals surface area contributed by atoms with Gasteiger partial charge in [-0.05, 0) is 24.5 Å². The number of nitrogens with two attached hydrogens (primary N) is 2. The maximum absolute atomic E-state index is 6.63. The van der Waals surface area contributed by atoms with Crippen LogP contribution in [0.4, 0.5) is 0 Å². The van der Waals surface area contributed by atoms with Crippen LogP contribution in [0.5, 0.6) is 0 Å². The second-order valence-electron chi connectivity index (χ2n) is 5.91. The van der Waals surface area contributed by atoms with Crippen molar-refractivity contribution < 1.29 is 0 Å². The summed E-state index contributed by atoms with van der Waals surface area (Å²) < 4.78 is 1.77. The molecule has 22 heavy (non-hydrogen) atoms. The zero-order valence-electron chi connectivity index (χ0n) is 12.9. The van der Waals surface area contributed by atoms with Crippen molar-refractivity contribution in [2.45, 2.75) is 24.9 Å². The summed E-state index contributed by atoms with van der Waals surface area (Å²) in [6.45, 7) is 1.95. The molecule has 3 rings (SSSR count). The molecule has 5 nitrogen and oxygen atoms in total. The molecule has 1 aliphatic rings. The number of aryl methyl sites for hydroxylation is 2. The summed E-state index contributed by atoms with van der Waals surface area (Å²) in [7, 11) is 1.88. The van der Waals surface area contributed by atoms with Crippen LogP contribution in [0.25, 0.3) is 5.57 Å². The summed E-state index contributed by atoms with van der Waals surface area (Å²) in [5.74, 6) is 0. The quantitative estimate of drug-likeness (QED) is 0.895. The Hall–Kier alpha value is -2.24. The van der Waals surface area contributed by atoms with Crippen LogP contribution < -0.4 is 11.5 Å². The average molecular weight is 295 g/mol. The first-order valence-electron chi connectivity index (χ1n) is 7.36. The zero-order valence-corrected chi connectivity index (χ0v) is 12.9. The van der Waals surface area contributed by atoms with E-state index in [1.807, 2.05) is 44.3 Å². The Balaban J connectivity index is 1.98. The topological polar surface area (TPSA) is 82.8 Å². The molecule has 114 valence electrons. The predicted octanol–water partition coefficient (Wildman–Crippen LogP) is 1.34. The summed E-state index contributed by atoms with van der Waals surface area (Å²) in [6, 6.07) is 9.96. The van der Waals surface area contributed by atoms with E-state index in [-0.39, 0.29) is 6.04 Å². The van der Waals surface area contributed by atoms with E-state index < -0.39 is 5.54 Å². The van der Waals surface area contributed by atoms with Crippen molar-refractivity contribution in [3.05, 3.63) is 65.5 Å². The molecule has 1 aliphatic carbocycles. The minimum atomic E-state index is -0.623. The van der Waals surface area contributed by atoms with Gasteiger partial charge in [0.25, 0.3) is 0 Å². The number of nitrogens with zero attached hydrogens (tertiary/aromatic N) is 3. The van der Waals surface area contributed by atoms with Gasteiger partial charge in [-0.2, -0.15) is 0 Å². The highest BCUT2D eigenvalue weighted by Gasteiger charge is 2.32. The molecule has 2 unspecified atom stereocenters. The Bertz CT molecular complexity index is 709. The van der Waals surface area contributed by atoms with Crippen LogP contribution in [0.15, 0.2) is 48.6 Å². The number of hydrogen-bond acceptors (Lipinski definition) is 4. The van der Waals surface area contributed by atoms with Crippen molar-refractivity contribution in [3.8, 4) is 0 Å². The van der Waals surface area contributed by atoms with Crippen LogP contribution in [-0.2, 0) is 13.5 Å². The van der Waals surface area contributed by atoms with Crippen LogP contribution in [-0.4, -0.2) is 26.6 Å². The Morgan fingerprint density at radius 1 is 1.27 bits per heavy atom. The molecule has 0 radical (unpaired) electrons. The van der Waals surface area contributed by atoms with E-state index in [4.69, 9.17) is 11.5 Å². The van der Waals surface area contributed by atoms with Gasteiger partial charge in [0.15, 0.2) is 0 Å². The highest BCUT2D eigenvalue weighted by Crippen LogP contribution is 2.28. The molecule has 0 spiro atoms. The molecule has 0 amide bonds. The second-order valence-corrected chi connectivity index (χ2v) is 5.91. The second kappa shape index (κ2) is 5.51. The van der Waals surface area contributed by atoms with Gasteiger partial charge in [0.2, 0.25) is 0 Å². The lowest BCUT2D eigenvalue weighted by Crippen LogP contribution is -2.55. The van der Waals surface area contributed by atoms with Crippen molar-refractivity contribution in [2.24, 2.45) is 18.5 Å². The molecule has 1 heterocycles. The van der Waals surface area contributed by atoms with Gasteiger partial charge in [0.1, 0.15) is 0 Å². The van der Waals surface area contributed by atoms with E-state index in [0.29, 0.717) is 6.42 Å². The first-order chi connectivity index (χ1) is 10.5. The molecule has 5 heteroatoms. The SMILES string of the molecule is Cc1nnn(C)c1C1=CC(N)(Cc2ccccc2)C(N)C=C1. The van der Waals surface area contributed by atoms with E-state index >= 15 is 0 Å². The van der Waals surface area contributed by atoms with Gasteiger partial charge in [-0.3, -0.25) is 0 Å². The van der Waals surface area contributed by atoms with E-state index in [0.717, 1.165) is 17.0 Å².